The van der Waals surface area contributed by atoms with Gasteiger partial charge in [0.25, 0.3) is 0 Å². The summed E-state index contributed by atoms with van der Waals surface area (Å²) in [5, 5.41) is -3.99. The molecule has 0 fully saturated rings. The third-order valence-electron chi connectivity index (χ3n) is 3.02. The third-order valence-corrected chi connectivity index (χ3v) is 4.12. The molecule has 1 aromatic carbocycles. The number of hydrogen-bond donors (Lipinski definition) is 0. The van der Waals surface area contributed by atoms with Crippen LogP contribution in [0.15, 0.2) is 42.2 Å². The lowest BCUT2D eigenvalue weighted by Crippen LogP contribution is -2.44. The van der Waals surface area contributed by atoms with Crippen LogP contribution in [0, 0.1) is 0 Å². The van der Waals surface area contributed by atoms with E-state index in [1.54, 1.807) is 50.0 Å². The van der Waals surface area contributed by atoms with E-state index in [-0.39, 0.29) is 12.8 Å². The highest BCUT2D eigenvalue weighted by Gasteiger charge is 2.44. The maximum absolute atomic E-state index is 13.7. The van der Waals surface area contributed by atoms with Crippen LogP contribution in [0.4, 0.5) is 22.0 Å². The van der Waals surface area contributed by atoms with Crippen LogP contribution in [-0.2, 0) is 15.6 Å². The highest BCUT2D eigenvalue weighted by Crippen LogP contribution is 2.33. The summed E-state index contributed by atoms with van der Waals surface area (Å²) < 4.78 is 76.1. The zero-order chi connectivity index (χ0) is 19.3. The zero-order valence-electron chi connectivity index (χ0n) is 14.0. The van der Waals surface area contributed by atoms with Crippen molar-refractivity contribution in [3.63, 3.8) is 0 Å². The molecule has 2 atom stereocenters. The average molecular weight is 403 g/mol. The Kier molecular flexibility index (Phi) is 8.05. The second-order valence-corrected chi connectivity index (χ2v) is 11.3. The fourth-order valence-corrected chi connectivity index (χ4v) is 2.98. The molecule has 0 radical (unpaired) electrons. The predicted octanol–water partition coefficient (Wildman–Crippen LogP) is 6.09. The second-order valence-electron chi connectivity index (χ2n) is 6.36. The molecular formula is C16H20ClF5O2Si. The van der Waals surface area contributed by atoms with Gasteiger partial charge in [-0.2, -0.15) is 17.6 Å². The molecule has 2 nitrogen and oxygen atoms in total. The lowest BCUT2D eigenvalue weighted by atomic mass is 10.1. The van der Waals surface area contributed by atoms with E-state index in [1.165, 1.54) is 0 Å². The number of hydrogen-bond acceptors (Lipinski definition) is 2. The number of benzene rings is 1. The van der Waals surface area contributed by atoms with E-state index in [0.29, 0.717) is 0 Å². The first-order chi connectivity index (χ1) is 11.4. The number of alkyl halides is 3. The van der Waals surface area contributed by atoms with Gasteiger partial charge in [0.05, 0.1) is 0 Å². The molecule has 0 heterocycles. The molecule has 0 saturated carbocycles. The molecule has 0 aromatic heterocycles. The molecule has 0 saturated heterocycles. The van der Waals surface area contributed by atoms with Crippen molar-refractivity contribution in [2.75, 3.05) is 0 Å². The molecule has 0 amide bonds. The summed E-state index contributed by atoms with van der Waals surface area (Å²) in [6, 6.07) is 8.60. The van der Waals surface area contributed by atoms with Crippen molar-refractivity contribution in [1.82, 2.24) is 0 Å². The van der Waals surface area contributed by atoms with E-state index >= 15 is 0 Å². The monoisotopic (exact) mass is 402 g/mol. The molecule has 25 heavy (non-hydrogen) atoms. The lowest BCUT2D eigenvalue weighted by Gasteiger charge is -2.31. The summed E-state index contributed by atoms with van der Waals surface area (Å²) in [5.74, 6) is -1.90. The molecule has 0 bridgehead atoms. The maximum atomic E-state index is 13.7. The fraction of sp³-hybridized carbons (Fsp3) is 0.500. The standard InChI is InChI=1S/C16H20ClF5O2Si/c1-25(2,3)24-15(16(17,21)22)23-12(13(18)14(19)20)10-9-11-7-5-4-6-8-11/h4-8,12,15H,9-10H2,1-3H3. The smallest absolute Gasteiger partial charge is 0.370 e. The van der Waals surface area contributed by atoms with Gasteiger partial charge in [-0.25, -0.2) is 4.39 Å². The van der Waals surface area contributed by atoms with E-state index in [0.717, 1.165) is 5.56 Å². The van der Waals surface area contributed by atoms with Crippen molar-refractivity contribution in [2.24, 2.45) is 0 Å². The van der Waals surface area contributed by atoms with Gasteiger partial charge in [0.2, 0.25) is 6.29 Å². The Morgan fingerprint density at radius 3 is 2.12 bits per heavy atom. The van der Waals surface area contributed by atoms with E-state index in [2.05, 4.69) is 0 Å². The van der Waals surface area contributed by atoms with Crippen molar-refractivity contribution >= 4 is 19.9 Å². The maximum Gasteiger partial charge on any atom is 0.370 e. The van der Waals surface area contributed by atoms with Gasteiger partial charge in [-0.05, 0) is 49.6 Å². The minimum Gasteiger partial charge on any atom is -0.388 e. The molecule has 1 rings (SSSR count). The van der Waals surface area contributed by atoms with Crippen LogP contribution < -0.4 is 0 Å². The van der Waals surface area contributed by atoms with Gasteiger partial charge in [0.15, 0.2) is 14.1 Å². The Hall–Kier alpha value is -0.963. The Labute approximate surface area is 149 Å². The van der Waals surface area contributed by atoms with Crippen LogP contribution >= 0.6 is 11.6 Å². The Balaban J connectivity index is 2.95. The van der Waals surface area contributed by atoms with Gasteiger partial charge in [-0.15, -0.1) is 0 Å². The molecule has 142 valence electrons. The van der Waals surface area contributed by atoms with Crippen LogP contribution in [0.5, 0.6) is 0 Å². The van der Waals surface area contributed by atoms with E-state index in [1.807, 2.05) is 0 Å². The van der Waals surface area contributed by atoms with E-state index in [9.17, 15) is 22.0 Å². The summed E-state index contributed by atoms with van der Waals surface area (Å²) in [7, 11) is -2.56. The molecule has 0 aliphatic rings. The van der Waals surface area contributed by atoms with Crippen molar-refractivity contribution in [3.05, 3.63) is 47.8 Å². The van der Waals surface area contributed by atoms with Gasteiger partial charge in [-0.3, -0.25) is 0 Å². The largest absolute Gasteiger partial charge is 0.388 e. The number of ether oxygens (including phenoxy) is 1. The Bertz CT molecular complexity index is 568. The van der Waals surface area contributed by atoms with Gasteiger partial charge in [-0.1, -0.05) is 30.3 Å². The molecule has 1 aromatic rings. The first kappa shape index (κ1) is 22.1. The van der Waals surface area contributed by atoms with Gasteiger partial charge >= 0.3 is 11.5 Å². The number of halogens is 6. The average Bonchev–Trinajstić information content (AvgIpc) is 2.48. The van der Waals surface area contributed by atoms with Crippen LogP contribution in [0.3, 0.4) is 0 Å². The minimum atomic E-state index is -3.99. The molecule has 0 aliphatic heterocycles. The van der Waals surface area contributed by atoms with Crippen LogP contribution in [0.2, 0.25) is 19.6 Å². The number of aryl methyl sites for hydroxylation is 1. The van der Waals surface area contributed by atoms with Gasteiger partial charge < -0.3 is 9.16 Å². The summed E-state index contributed by atoms with van der Waals surface area (Å²) >= 11 is 4.96. The molecule has 2 unspecified atom stereocenters. The normalized spacial score (nSPS) is 14.9. The lowest BCUT2D eigenvalue weighted by molar-refractivity contribution is -0.205. The Morgan fingerprint density at radius 1 is 1.12 bits per heavy atom. The van der Waals surface area contributed by atoms with Crippen molar-refractivity contribution < 1.29 is 31.1 Å². The molecular weight excluding hydrogens is 383 g/mol. The van der Waals surface area contributed by atoms with Crippen LogP contribution in [0.25, 0.3) is 0 Å². The summed E-state index contributed by atoms with van der Waals surface area (Å²) in [6.45, 7) is 4.77. The number of rotatable bonds is 9. The van der Waals surface area contributed by atoms with Crippen molar-refractivity contribution in [3.8, 4) is 0 Å². The topological polar surface area (TPSA) is 18.5 Å². The predicted molar refractivity (Wildman–Crippen MR) is 89.0 cm³/mol. The van der Waals surface area contributed by atoms with E-state index < -0.39 is 38.0 Å². The van der Waals surface area contributed by atoms with Crippen molar-refractivity contribution in [2.45, 2.75) is 50.3 Å². The van der Waals surface area contributed by atoms with E-state index in [4.69, 9.17) is 20.8 Å². The molecule has 0 aliphatic carbocycles. The molecule has 9 heteroatoms. The first-order valence-electron chi connectivity index (χ1n) is 7.54. The zero-order valence-corrected chi connectivity index (χ0v) is 15.8. The van der Waals surface area contributed by atoms with Crippen LogP contribution in [0.1, 0.15) is 12.0 Å². The highest BCUT2D eigenvalue weighted by molar-refractivity contribution is 6.69. The fourth-order valence-electron chi connectivity index (χ4n) is 1.96. The minimum absolute atomic E-state index is 0.153. The second kappa shape index (κ2) is 9.11. The quantitative estimate of drug-likeness (QED) is 0.215. The highest BCUT2D eigenvalue weighted by atomic mass is 35.5. The van der Waals surface area contributed by atoms with Gasteiger partial charge in [0.1, 0.15) is 6.10 Å². The summed E-state index contributed by atoms with van der Waals surface area (Å²) in [6.07, 6.45) is -6.96. The summed E-state index contributed by atoms with van der Waals surface area (Å²) in [5.41, 5.74) is 0.725. The van der Waals surface area contributed by atoms with Crippen LogP contribution in [-0.4, -0.2) is 26.1 Å². The Morgan fingerprint density at radius 2 is 1.68 bits per heavy atom. The molecule has 0 N–H and O–H groups in total. The molecule has 0 spiro atoms. The first-order valence-corrected chi connectivity index (χ1v) is 11.3. The van der Waals surface area contributed by atoms with Gasteiger partial charge in [0, 0.05) is 0 Å². The third kappa shape index (κ3) is 8.30. The summed E-state index contributed by atoms with van der Waals surface area (Å²) in [4.78, 5) is 0. The van der Waals surface area contributed by atoms with Crippen molar-refractivity contribution in [1.29, 1.82) is 0 Å². The SMILES string of the molecule is C[Si](C)(C)OC(OC(CCc1ccccc1)C(F)=C(F)F)C(F)(F)Cl.